The zero-order valence-electron chi connectivity index (χ0n) is 13.8. The first-order valence-electron chi connectivity index (χ1n) is 8.14. The number of benzene rings is 1. The fourth-order valence-corrected chi connectivity index (χ4v) is 3.30. The van der Waals surface area contributed by atoms with Gasteiger partial charge in [0.1, 0.15) is 5.82 Å². The number of rotatable bonds is 4. The van der Waals surface area contributed by atoms with Crippen LogP contribution in [0.3, 0.4) is 0 Å². The van der Waals surface area contributed by atoms with Crippen LogP contribution >= 0.6 is 11.6 Å². The van der Waals surface area contributed by atoms with Crippen LogP contribution in [0.25, 0.3) is 5.69 Å². The molecule has 0 aliphatic carbocycles. The topological polar surface area (TPSA) is 71.2 Å². The molecule has 0 spiro atoms. The van der Waals surface area contributed by atoms with Crippen LogP contribution in [-0.4, -0.2) is 49.4 Å². The molecule has 1 N–H and O–H groups in total. The predicted octanol–water partition coefficient (Wildman–Crippen LogP) is 2.60. The van der Waals surface area contributed by atoms with Gasteiger partial charge in [-0.25, -0.2) is 9.67 Å². The molecule has 6 nitrogen and oxygen atoms in total. The van der Waals surface area contributed by atoms with E-state index in [9.17, 15) is 9.90 Å². The Morgan fingerprint density at radius 3 is 2.79 bits per heavy atom. The summed E-state index contributed by atoms with van der Waals surface area (Å²) in [7, 11) is 0. The van der Waals surface area contributed by atoms with Crippen LogP contribution in [0.5, 0.6) is 0 Å². The molecular weight excluding hydrogens is 328 g/mol. The first-order valence-corrected chi connectivity index (χ1v) is 8.52. The highest BCUT2D eigenvalue weighted by atomic mass is 35.5. The highest BCUT2D eigenvalue weighted by molar-refractivity contribution is 6.30. The molecule has 1 saturated heterocycles. The molecule has 1 aromatic heterocycles. The first-order chi connectivity index (χ1) is 11.5. The van der Waals surface area contributed by atoms with Crippen molar-refractivity contribution in [2.24, 2.45) is 0 Å². The molecule has 0 bridgehead atoms. The van der Waals surface area contributed by atoms with Gasteiger partial charge < -0.3 is 10.0 Å². The molecule has 1 aromatic carbocycles. The van der Waals surface area contributed by atoms with E-state index in [-0.39, 0.29) is 17.8 Å². The van der Waals surface area contributed by atoms with Crippen LogP contribution in [0.4, 0.5) is 0 Å². The van der Waals surface area contributed by atoms with Crippen molar-refractivity contribution < 1.29 is 9.90 Å². The Bertz CT molecular complexity index is 727. The number of carbonyl (C=O) groups excluding carboxylic acids is 1. The Morgan fingerprint density at radius 1 is 1.42 bits per heavy atom. The summed E-state index contributed by atoms with van der Waals surface area (Å²) >= 11 is 5.91. The maximum absolute atomic E-state index is 12.8. The van der Waals surface area contributed by atoms with Crippen molar-refractivity contribution in [1.29, 1.82) is 0 Å². The van der Waals surface area contributed by atoms with Gasteiger partial charge in [-0.05, 0) is 57.4 Å². The number of hydrogen-bond acceptors (Lipinski definition) is 4. The van der Waals surface area contributed by atoms with Gasteiger partial charge in [-0.15, -0.1) is 5.10 Å². The molecule has 1 aliphatic heterocycles. The minimum absolute atomic E-state index is 0.0558. The number of halogens is 1. The molecule has 2 heterocycles. The van der Waals surface area contributed by atoms with Crippen LogP contribution in [0.15, 0.2) is 24.3 Å². The Balaban J connectivity index is 1.83. The number of aromatic nitrogens is 3. The zero-order valence-corrected chi connectivity index (χ0v) is 14.6. The normalized spacial score (nSPS) is 18.8. The van der Waals surface area contributed by atoms with E-state index < -0.39 is 6.10 Å². The van der Waals surface area contributed by atoms with Crippen molar-refractivity contribution in [2.45, 2.75) is 45.3 Å². The highest BCUT2D eigenvalue weighted by Gasteiger charge is 2.32. The molecular formula is C17H21ClN4O2. The van der Waals surface area contributed by atoms with E-state index in [0.717, 1.165) is 18.5 Å². The summed E-state index contributed by atoms with van der Waals surface area (Å²) in [6.45, 7) is 4.25. The third kappa shape index (κ3) is 3.44. The SMILES string of the molecule is Cc1nc(C(=O)N2CCCC2CC(C)O)nn1-c1ccc(Cl)cc1. The van der Waals surface area contributed by atoms with Gasteiger partial charge in [0.15, 0.2) is 0 Å². The van der Waals surface area contributed by atoms with Crippen LogP contribution in [0.2, 0.25) is 5.02 Å². The molecule has 1 aliphatic rings. The van der Waals surface area contributed by atoms with E-state index >= 15 is 0 Å². The molecule has 2 aromatic rings. The number of aryl methyl sites for hydroxylation is 1. The van der Waals surface area contributed by atoms with Crippen LogP contribution in [-0.2, 0) is 0 Å². The van der Waals surface area contributed by atoms with E-state index in [0.29, 0.717) is 23.8 Å². The first kappa shape index (κ1) is 16.9. The molecule has 1 amide bonds. The third-order valence-electron chi connectivity index (χ3n) is 4.28. The predicted molar refractivity (Wildman–Crippen MR) is 91.5 cm³/mol. The Morgan fingerprint density at radius 2 is 2.12 bits per heavy atom. The number of amides is 1. The van der Waals surface area contributed by atoms with Gasteiger partial charge >= 0.3 is 0 Å². The highest BCUT2D eigenvalue weighted by Crippen LogP contribution is 2.23. The average Bonchev–Trinajstić information content (AvgIpc) is 3.14. The molecule has 3 rings (SSSR count). The van der Waals surface area contributed by atoms with Crippen LogP contribution in [0, 0.1) is 6.92 Å². The Hall–Kier alpha value is -1.92. The van der Waals surface area contributed by atoms with Gasteiger partial charge in [-0.1, -0.05) is 11.6 Å². The summed E-state index contributed by atoms with van der Waals surface area (Å²) in [6, 6.07) is 7.28. The van der Waals surface area contributed by atoms with Crippen molar-refractivity contribution in [3.05, 3.63) is 40.9 Å². The largest absolute Gasteiger partial charge is 0.393 e. The zero-order chi connectivity index (χ0) is 17.3. The number of aliphatic hydroxyl groups is 1. The van der Waals surface area contributed by atoms with Gasteiger partial charge in [-0.2, -0.15) is 0 Å². The van der Waals surface area contributed by atoms with Crippen LogP contribution < -0.4 is 0 Å². The van der Waals surface area contributed by atoms with Gasteiger partial charge in [-0.3, -0.25) is 4.79 Å². The minimum Gasteiger partial charge on any atom is -0.393 e. The minimum atomic E-state index is -0.426. The van der Waals surface area contributed by atoms with E-state index in [4.69, 9.17) is 11.6 Å². The molecule has 2 atom stereocenters. The lowest BCUT2D eigenvalue weighted by atomic mass is 10.1. The lowest BCUT2D eigenvalue weighted by Gasteiger charge is -2.24. The fourth-order valence-electron chi connectivity index (χ4n) is 3.18. The molecule has 0 saturated carbocycles. The van der Waals surface area contributed by atoms with Gasteiger partial charge in [0.05, 0.1) is 11.8 Å². The number of carbonyl (C=O) groups is 1. The van der Waals surface area contributed by atoms with Crippen LogP contribution in [0.1, 0.15) is 42.6 Å². The van der Waals surface area contributed by atoms with Crippen molar-refractivity contribution in [2.75, 3.05) is 6.54 Å². The second-order valence-electron chi connectivity index (χ2n) is 6.25. The summed E-state index contributed by atoms with van der Waals surface area (Å²) in [6.07, 6.45) is 2.01. The number of nitrogens with zero attached hydrogens (tertiary/aromatic N) is 4. The number of likely N-dealkylation sites (tertiary alicyclic amines) is 1. The quantitative estimate of drug-likeness (QED) is 0.921. The molecule has 0 radical (unpaired) electrons. The summed E-state index contributed by atoms with van der Waals surface area (Å²) in [5, 5.41) is 14.6. The second-order valence-corrected chi connectivity index (χ2v) is 6.69. The monoisotopic (exact) mass is 348 g/mol. The van der Waals surface area contributed by atoms with Gasteiger partial charge in [0, 0.05) is 17.6 Å². The van der Waals surface area contributed by atoms with Gasteiger partial charge in [0.2, 0.25) is 5.82 Å². The lowest BCUT2D eigenvalue weighted by molar-refractivity contribution is 0.0670. The number of aliphatic hydroxyl groups excluding tert-OH is 1. The molecule has 128 valence electrons. The third-order valence-corrected chi connectivity index (χ3v) is 4.53. The second kappa shape index (κ2) is 6.91. The van der Waals surface area contributed by atoms with Crippen molar-refractivity contribution >= 4 is 17.5 Å². The maximum Gasteiger partial charge on any atom is 0.293 e. The molecule has 2 unspecified atom stereocenters. The summed E-state index contributed by atoms with van der Waals surface area (Å²) in [4.78, 5) is 18.9. The van der Waals surface area contributed by atoms with E-state index in [1.54, 1.807) is 28.6 Å². The standard InChI is InChI=1S/C17H21ClN4O2/c1-11(23)10-15-4-3-9-21(15)17(24)16-19-12(2)22(20-16)14-7-5-13(18)6-8-14/h5-8,11,15,23H,3-4,9-10H2,1-2H3. The lowest BCUT2D eigenvalue weighted by Crippen LogP contribution is -2.37. The summed E-state index contributed by atoms with van der Waals surface area (Å²) in [5.74, 6) is 0.667. The number of hydrogen-bond donors (Lipinski definition) is 1. The van der Waals surface area contributed by atoms with Gasteiger partial charge in [0.25, 0.3) is 5.91 Å². The summed E-state index contributed by atoms with van der Waals surface area (Å²) < 4.78 is 1.64. The van der Waals surface area contributed by atoms with E-state index in [1.165, 1.54) is 0 Å². The smallest absolute Gasteiger partial charge is 0.293 e. The van der Waals surface area contributed by atoms with Crippen molar-refractivity contribution in [3.8, 4) is 5.69 Å². The van der Waals surface area contributed by atoms with Crippen molar-refractivity contribution in [1.82, 2.24) is 19.7 Å². The fraction of sp³-hybridized carbons (Fsp3) is 0.471. The average molecular weight is 349 g/mol. The maximum atomic E-state index is 12.8. The molecule has 7 heteroatoms. The molecule has 24 heavy (non-hydrogen) atoms. The summed E-state index contributed by atoms with van der Waals surface area (Å²) in [5.41, 5.74) is 0.811. The van der Waals surface area contributed by atoms with E-state index in [2.05, 4.69) is 10.1 Å². The Kier molecular flexibility index (Phi) is 4.87. The molecule has 1 fully saturated rings. The Labute approximate surface area is 146 Å². The van der Waals surface area contributed by atoms with Crippen molar-refractivity contribution in [3.63, 3.8) is 0 Å². The van der Waals surface area contributed by atoms with E-state index in [1.807, 2.05) is 19.1 Å².